The number of para-hydroxylation sites is 1. The first kappa shape index (κ1) is 40.6. The van der Waals surface area contributed by atoms with Crippen molar-refractivity contribution in [3.05, 3.63) is 65.2 Å². The number of fused-ring (bicyclic) bond motifs is 2. The number of hydrogen-bond donors (Lipinski definition) is 4. The van der Waals surface area contributed by atoms with Crippen molar-refractivity contribution in [2.24, 2.45) is 5.92 Å². The van der Waals surface area contributed by atoms with Gasteiger partial charge >= 0.3 is 5.97 Å². The fourth-order valence-electron chi connectivity index (χ4n) is 4.89. The van der Waals surface area contributed by atoms with Gasteiger partial charge < -0.3 is 44.9 Å². The number of rotatable bonds is 23. The number of anilines is 1. The number of nitrogens with one attached hydrogen (secondary N) is 3. The summed E-state index contributed by atoms with van der Waals surface area (Å²) in [6.45, 7) is 6.12. The zero-order valence-electron chi connectivity index (χ0n) is 29.2. The molecule has 51 heavy (non-hydrogen) atoms. The maximum Gasteiger partial charge on any atom is 0.322 e. The van der Waals surface area contributed by atoms with E-state index in [-0.39, 0.29) is 56.1 Å². The number of amides is 4. The van der Waals surface area contributed by atoms with Gasteiger partial charge in [-0.15, -0.1) is 0 Å². The van der Waals surface area contributed by atoms with E-state index in [1.54, 1.807) is 18.7 Å². The van der Waals surface area contributed by atoms with Gasteiger partial charge in [-0.05, 0) is 29.7 Å². The molecule has 1 unspecified atom stereocenters. The lowest BCUT2D eigenvalue weighted by atomic mass is 10.0. The molecule has 14 nitrogen and oxygen atoms in total. The zero-order valence-corrected chi connectivity index (χ0v) is 29.2. The van der Waals surface area contributed by atoms with Gasteiger partial charge in [-0.3, -0.25) is 24.0 Å². The van der Waals surface area contributed by atoms with Crippen molar-refractivity contribution in [1.29, 1.82) is 0 Å². The number of hydrogen-bond acceptors (Lipinski definition) is 9. The Morgan fingerprint density at radius 3 is 1.98 bits per heavy atom. The molecule has 0 bridgehead atoms. The molecule has 2 aromatic carbocycles. The second-order valence-electron chi connectivity index (χ2n) is 11.9. The summed E-state index contributed by atoms with van der Waals surface area (Å²) in [6.07, 6.45) is 0.168. The minimum absolute atomic E-state index is 0.0439. The van der Waals surface area contributed by atoms with E-state index < -0.39 is 24.5 Å². The number of carboxylic acid groups (broad SMARTS) is 1. The van der Waals surface area contributed by atoms with Gasteiger partial charge in [0, 0.05) is 36.9 Å². The fourth-order valence-corrected chi connectivity index (χ4v) is 4.89. The van der Waals surface area contributed by atoms with E-state index in [9.17, 15) is 24.0 Å². The Kier molecular flexibility index (Phi) is 18.2. The first-order valence-electron chi connectivity index (χ1n) is 17.0. The van der Waals surface area contributed by atoms with Crippen LogP contribution in [0.25, 0.3) is 0 Å². The molecular weight excluding hydrogens is 660 g/mol. The molecular formula is C37H48N4O10. The lowest BCUT2D eigenvalue weighted by Crippen LogP contribution is -2.50. The lowest BCUT2D eigenvalue weighted by Gasteiger charge is -2.26. The van der Waals surface area contributed by atoms with Crippen LogP contribution in [0.2, 0.25) is 0 Å². The van der Waals surface area contributed by atoms with Crippen LogP contribution in [0.1, 0.15) is 49.8 Å². The highest BCUT2D eigenvalue weighted by Crippen LogP contribution is 2.26. The van der Waals surface area contributed by atoms with E-state index >= 15 is 0 Å². The Hall–Kier alpha value is -4.81. The first-order valence-corrected chi connectivity index (χ1v) is 17.0. The highest BCUT2D eigenvalue weighted by Gasteiger charge is 2.24. The number of aliphatic carboxylic acids is 1. The van der Waals surface area contributed by atoms with Gasteiger partial charge in [-0.2, -0.15) is 0 Å². The third-order valence-electron chi connectivity index (χ3n) is 7.58. The fraction of sp³-hybridized carbons (Fsp3) is 0.486. The molecule has 0 fully saturated rings. The molecule has 1 atom stereocenters. The summed E-state index contributed by atoms with van der Waals surface area (Å²) in [7, 11) is 0. The summed E-state index contributed by atoms with van der Waals surface area (Å²) in [5.74, 6) is 3.68. The Morgan fingerprint density at radius 2 is 1.31 bits per heavy atom. The topological polar surface area (TPSA) is 182 Å². The number of carbonyl (C=O) groups excluding carboxylic acids is 4. The average molecular weight is 709 g/mol. The van der Waals surface area contributed by atoms with Crippen molar-refractivity contribution in [2.45, 2.75) is 45.7 Å². The normalized spacial score (nSPS) is 12.3. The SMILES string of the molecule is CC(C)C(NC(=O)CCOCCOCCOCCOCCNC(=O)CCC(=O)N1Cc2ccccc2C#Cc2ccccc21)C(=O)NCC(=O)O. The van der Waals surface area contributed by atoms with Crippen molar-refractivity contribution < 1.29 is 48.0 Å². The van der Waals surface area contributed by atoms with Gasteiger partial charge in [0.25, 0.3) is 0 Å². The van der Waals surface area contributed by atoms with Gasteiger partial charge in [0.15, 0.2) is 0 Å². The third kappa shape index (κ3) is 15.3. The molecule has 0 aromatic heterocycles. The molecule has 0 saturated heterocycles. The Labute approximate surface area is 298 Å². The maximum absolute atomic E-state index is 13.3. The minimum Gasteiger partial charge on any atom is -0.480 e. The van der Waals surface area contributed by atoms with Gasteiger partial charge in [-0.25, -0.2) is 0 Å². The maximum atomic E-state index is 13.3. The molecule has 2 aromatic rings. The van der Waals surface area contributed by atoms with E-state index in [2.05, 4.69) is 27.8 Å². The van der Waals surface area contributed by atoms with Gasteiger partial charge in [0.05, 0.1) is 65.1 Å². The van der Waals surface area contributed by atoms with Crippen molar-refractivity contribution in [3.63, 3.8) is 0 Å². The molecule has 1 aliphatic heterocycles. The predicted molar refractivity (Wildman–Crippen MR) is 188 cm³/mol. The molecule has 0 radical (unpaired) electrons. The van der Waals surface area contributed by atoms with Crippen LogP contribution in [-0.2, 0) is 49.5 Å². The highest BCUT2D eigenvalue weighted by atomic mass is 16.6. The van der Waals surface area contributed by atoms with Crippen LogP contribution in [0.15, 0.2) is 48.5 Å². The molecule has 14 heteroatoms. The zero-order chi connectivity index (χ0) is 36.8. The van der Waals surface area contributed by atoms with E-state index in [1.165, 1.54) is 0 Å². The van der Waals surface area contributed by atoms with E-state index in [0.717, 1.165) is 22.4 Å². The first-order chi connectivity index (χ1) is 24.7. The van der Waals surface area contributed by atoms with Crippen LogP contribution >= 0.6 is 0 Å². The van der Waals surface area contributed by atoms with Crippen LogP contribution < -0.4 is 20.9 Å². The van der Waals surface area contributed by atoms with E-state index in [0.29, 0.717) is 52.7 Å². The van der Waals surface area contributed by atoms with Crippen LogP contribution in [-0.4, -0.2) is 107 Å². The van der Waals surface area contributed by atoms with Crippen molar-refractivity contribution >= 4 is 35.3 Å². The molecule has 0 aliphatic carbocycles. The standard InChI is InChI=1S/C37H48N4O10/c1-27(2)36(37(47)39-25-35(45)46)40-33(43)15-17-48-19-21-50-23-24-51-22-20-49-18-16-38-32(42)13-14-34(44)41-26-30-9-4-3-7-28(30)11-12-29-8-5-6-10-31(29)41/h3-10,27,36H,13-26H2,1-2H3,(H,38,42)(H,39,47)(H,40,43)(H,45,46). The minimum atomic E-state index is -1.17. The number of nitrogens with zero attached hydrogens (tertiary/aromatic N) is 1. The quantitative estimate of drug-likeness (QED) is 0.0979. The number of carboxylic acids is 1. The Balaban J connectivity index is 1.16. The van der Waals surface area contributed by atoms with Gasteiger partial charge in [0.1, 0.15) is 12.6 Å². The van der Waals surface area contributed by atoms with Gasteiger partial charge in [-0.1, -0.05) is 56.0 Å². The third-order valence-corrected chi connectivity index (χ3v) is 7.58. The summed E-state index contributed by atoms with van der Waals surface area (Å²) in [5, 5.41) is 16.4. The smallest absolute Gasteiger partial charge is 0.322 e. The van der Waals surface area contributed by atoms with Crippen molar-refractivity contribution in [1.82, 2.24) is 16.0 Å². The molecule has 3 rings (SSSR count). The molecule has 1 heterocycles. The monoisotopic (exact) mass is 708 g/mol. The summed E-state index contributed by atoms with van der Waals surface area (Å²) < 4.78 is 21.8. The summed E-state index contributed by atoms with van der Waals surface area (Å²) in [4.78, 5) is 62.3. The second-order valence-corrected chi connectivity index (χ2v) is 11.9. The Bertz CT molecular complexity index is 1520. The van der Waals surface area contributed by atoms with E-state index in [4.69, 9.17) is 24.1 Å². The summed E-state index contributed by atoms with van der Waals surface area (Å²) >= 11 is 0. The lowest BCUT2D eigenvalue weighted by molar-refractivity contribution is -0.138. The molecule has 4 N–H and O–H groups in total. The van der Waals surface area contributed by atoms with Crippen LogP contribution in [0, 0.1) is 17.8 Å². The second kappa shape index (κ2) is 22.8. The summed E-state index contributed by atoms with van der Waals surface area (Å²) in [5.41, 5.74) is 3.34. The van der Waals surface area contributed by atoms with Gasteiger partial charge in [0.2, 0.25) is 23.6 Å². The molecule has 1 aliphatic rings. The highest BCUT2D eigenvalue weighted by molar-refractivity contribution is 5.97. The number of carbonyl (C=O) groups is 5. The van der Waals surface area contributed by atoms with Crippen LogP contribution in [0.4, 0.5) is 5.69 Å². The number of ether oxygens (including phenoxy) is 4. The predicted octanol–water partition coefficient (Wildman–Crippen LogP) is 1.63. The molecule has 276 valence electrons. The van der Waals surface area contributed by atoms with Crippen LogP contribution in [0.3, 0.4) is 0 Å². The average Bonchev–Trinajstić information content (AvgIpc) is 3.11. The Morgan fingerprint density at radius 1 is 0.725 bits per heavy atom. The van der Waals surface area contributed by atoms with Crippen molar-refractivity contribution in [3.8, 4) is 11.8 Å². The van der Waals surface area contributed by atoms with Crippen LogP contribution in [0.5, 0.6) is 0 Å². The molecule has 0 spiro atoms. The summed E-state index contributed by atoms with van der Waals surface area (Å²) in [6, 6.07) is 14.4. The molecule has 4 amide bonds. The molecule has 0 saturated carbocycles. The van der Waals surface area contributed by atoms with E-state index in [1.807, 2.05) is 48.5 Å². The van der Waals surface area contributed by atoms with Crippen molar-refractivity contribution in [2.75, 3.05) is 70.8 Å². The number of benzene rings is 2. The largest absolute Gasteiger partial charge is 0.480 e.